The van der Waals surface area contributed by atoms with E-state index in [2.05, 4.69) is 10.0 Å². The van der Waals surface area contributed by atoms with Gasteiger partial charge in [-0.1, -0.05) is 37.6 Å². The molecule has 1 aliphatic heterocycles. The second kappa shape index (κ2) is 15.4. The Morgan fingerprint density at radius 3 is 2.44 bits per heavy atom. The maximum atomic E-state index is 13.0. The highest BCUT2D eigenvalue weighted by Gasteiger charge is 2.24. The second-order valence-electron chi connectivity index (χ2n) is 10.0. The Labute approximate surface area is 256 Å². The van der Waals surface area contributed by atoms with E-state index in [1.54, 1.807) is 37.3 Å². The molecule has 3 rings (SSSR count). The molecule has 0 aromatic heterocycles. The summed E-state index contributed by atoms with van der Waals surface area (Å²) in [5.41, 5.74) is 1.06. The number of hydrogen-bond acceptors (Lipinski definition) is 9. The van der Waals surface area contributed by atoms with Gasteiger partial charge in [-0.3, -0.25) is 14.4 Å². The fourth-order valence-corrected chi connectivity index (χ4v) is 5.13. The summed E-state index contributed by atoms with van der Waals surface area (Å²) in [6, 6.07) is 10.7. The molecule has 2 amide bonds. The zero-order valence-corrected chi connectivity index (χ0v) is 26.1. The Hall–Kier alpha value is -4.03. The molecule has 0 saturated heterocycles. The predicted octanol–water partition coefficient (Wildman–Crippen LogP) is 3.45. The summed E-state index contributed by atoms with van der Waals surface area (Å²) in [5.74, 6) is -0.581. The first-order valence-corrected chi connectivity index (χ1v) is 15.5. The quantitative estimate of drug-likeness (QED) is 0.299. The SMILES string of the molecule is CCOC(=O)CN1C=C(C(=O)NS(=O)(=O)c2ccc(CCNC(=O)c3cc(OC)ccc3Cl)cc2)C=C(OCC(C)C)C1. The van der Waals surface area contributed by atoms with Crippen molar-refractivity contribution in [3.8, 4) is 5.75 Å². The minimum Gasteiger partial charge on any atom is -0.497 e. The van der Waals surface area contributed by atoms with Crippen molar-refractivity contribution in [3.05, 3.63) is 82.2 Å². The van der Waals surface area contributed by atoms with E-state index in [4.69, 9.17) is 25.8 Å². The first kappa shape index (κ1) is 33.5. The van der Waals surface area contributed by atoms with Crippen LogP contribution < -0.4 is 14.8 Å². The number of sulfonamides is 1. The van der Waals surface area contributed by atoms with Crippen LogP contribution in [0.4, 0.5) is 0 Å². The Morgan fingerprint density at radius 1 is 1.07 bits per heavy atom. The van der Waals surface area contributed by atoms with Crippen molar-refractivity contribution in [2.75, 3.05) is 40.0 Å². The zero-order valence-electron chi connectivity index (χ0n) is 24.5. The van der Waals surface area contributed by atoms with Crippen molar-refractivity contribution in [1.82, 2.24) is 14.9 Å². The molecule has 2 aromatic carbocycles. The van der Waals surface area contributed by atoms with Crippen LogP contribution in [0.1, 0.15) is 36.7 Å². The first-order chi connectivity index (χ1) is 20.4. The highest BCUT2D eigenvalue weighted by Crippen LogP contribution is 2.22. The molecule has 13 heteroatoms. The number of ether oxygens (including phenoxy) is 3. The van der Waals surface area contributed by atoms with Crippen LogP contribution in [-0.2, 0) is 35.5 Å². The molecule has 1 aliphatic rings. The van der Waals surface area contributed by atoms with E-state index in [1.165, 1.54) is 36.4 Å². The second-order valence-corrected chi connectivity index (χ2v) is 12.1. The summed E-state index contributed by atoms with van der Waals surface area (Å²) in [6.07, 6.45) is 3.29. The van der Waals surface area contributed by atoms with Crippen LogP contribution in [0.15, 0.2) is 71.0 Å². The normalized spacial score (nSPS) is 13.1. The van der Waals surface area contributed by atoms with Gasteiger partial charge in [-0.15, -0.1) is 0 Å². The van der Waals surface area contributed by atoms with Crippen molar-refractivity contribution in [3.63, 3.8) is 0 Å². The molecule has 0 aliphatic carbocycles. The Kier molecular flexibility index (Phi) is 12.0. The van der Waals surface area contributed by atoms with Crippen LogP contribution in [0.3, 0.4) is 0 Å². The lowest BCUT2D eigenvalue weighted by Crippen LogP contribution is -2.36. The number of esters is 1. The number of hydrogen-bond donors (Lipinski definition) is 2. The van der Waals surface area contributed by atoms with E-state index >= 15 is 0 Å². The van der Waals surface area contributed by atoms with Crippen LogP contribution in [0.2, 0.25) is 5.02 Å². The third kappa shape index (κ3) is 10.0. The molecule has 2 aromatic rings. The summed E-state index contributed by atoms with van der Waals surface area (Å²) in [7, 11) is -2.72. The summed E-state index contributed by atoms with van der Waals surface area (Å²) in [5, 5.41) is 3.07. The van der Waals surface area contributed by atoms with Gasteiger partial charge in [-0.2, -0.15) is 0 Å². The fraction of sp³-hybridized carbons (Fsp3) is 0.367. The molecule has 0 unspecified atom stereocenters. The molecule has 0 radical (unpaired) electrons. The Bertz CT molecular complexity index is 1490. The third-order valence-electron chi connectivity index (χ3n) is 6.08. The number of carbonyl (C=O) groups is 3. The number of carbonyl (C=O) groups excluding carboxylic acids is 3. The van der Waals surface area contributed by atoms with Gasteiger partial charge in [0.25, 0.3) is 21.8 Å². The van der Waals surface area contributed by atoms with Gasteiger partial charge >= 0.3 is 5.97 Å². The fourth-order valence-electron chi connectivity index (χ4n) is 3.95. The van der Waals surface area contributed by atoms with Crippen molar-refractivity contribution in [1.29, 1.82) is 0 Å². The smallest absolute Gasteiger partial charge is 0.325 e. The van der Waals surface area contributed by atoms with Crippen molar-refractivity contribution in [2.45, 2.75) is 32.1 Å². The molecule has 43 heavy (non-hydrogen) atoms. The topological polar surface area (TPSA) is 140 Å². The van der Waals surface area contributed by atoms with Gasteiger partial charge in [-0.05, 0) is 61.2 Å². The highest BCUT2D eigenvalue weighted by atomic mass is 35.5. The number of methoxy groups -OCH3 is 1. The van der Waals surface area contributed by atoms with Crippen molar-refractivity contribution in [2.24, 2.45) is 5.92 Å². The number of benzene rings is 2. The number of nitrogens with zero attached hydrogens (tertiary/aromatic N) is 1. The third-order valence-corrected chi connectivity index (χ3v) is 7.75. The van der Waals surface area contributed by atoms with E-state index in [9.17, 15) is 22.8 Å². The summed E-state index contributed by atoms with van der Waals surface area (Å²) in [4.78, 5) is 39.0. The molecule has 0 saturated carbocycles. The molecule has 1 heterocycles. The Morgan fingerprint density at radius 2 is 1.79 bits per heavy atom. The number of halogens is 1. The minimum atomic E-state index is -4.22. The largest absolute Gasteiger partial charge is 0.497 e. The molecule has 0 fully saturated rings. The monoisotopic (exact) mass is 633 g/mol. The van der Waals surface area contributed by atoms with Gasteiger partial charge in [0.15, 0.2) is 0 Å². The first-order valence-electron chi connectivity index (χ1n) is 13.6. The minimum absolute atomic E-state index is 0.0152. The van der Waals surface area contributed by atoms with Gasteiger partial charge in [0, 0.05) is 12.7 Å². The average Bonchev–Trinajstić information content (AvgIpc) is 2.96. The average molecular weight is 634 g/mol. The number of rotatable bonds is 14. The number of nitrogens with one attached hydrogen (secondary N) is 2. The molecule has 0 atom stereocenters. The predicted molar refractivity (Wildman–Crippen MR) is 161 cm³/mol. The lowest BCUT2D eigenvalue weighted by Gasteiger charge is -2.26. The molecular weight excluding hydrogens is 598 g/mol. The highest BCUT2D eigenvalue weighted by molar-refractivity contribution is 7.90. The van der Waals surface area contributed by atoms with E-state index in [-0.39, 0.29) is 54.1 Å². The van der Waals surface area contributed by atoms with Gasteiger partial charge in [0.2, 0.25) is 0 Å². The molecule has 232 valence electrons. The standard InChI is InChI=1S/C30H36ClN3O8S/c1-5-41-28(35)18-34-16-22(14-24(17-34)42-19-20(2)3)29(36)33-43(38,39)25-9-6-21(7-10-25)12-13-32-30(37)26-15-23(40-4)8-11-27(26)31/h6-11,14-16,20H,5,12-13,17-19H2,1-4H3,(H,32,37)(H,33,36). The number of amides is 2. The van der Waals surface area contributed by atoms with E-state index in [1.807, 2.05) is 13.8 Å². The van der Waals surface area contributed by atoms with Gasteiger partial charge in [-0.25, -0.2) is 13.1 Å². The lowest BCUT2D eigenvalue weighted by atomic mass is 10.1. The van der Waals surface area contributed by atoms with Crippen LogP contribution >= 0.6 is 11.6 Å². The van der Waals surface area contributed by atoms with Crippen LogP contribution in [-0.4, -0.2) is 71.1 Å². The molecule has 0 spiro atoms. The van der Waals surface area contributed by atoms with E-state index in [0.29, 0.717) is 29.6 Å². The zero-order chi connectivity index (χ0) is 31.6. The summed E-state index contributed by atoms with van der Waals surface area (Å²) >= 11 is 6.12. The summed E-state index contributed by atoms with van der Waals surface area (Å²) in [6.45, 7) is 6.59. The van der Waals surface area contributed by atoms with E-state index < -0.39 is 21.9 Å². The van der Waals surface area contributed by atoms with Crippen molar-refractivity contribution >= 4 is 39.4 Å². The van der Waals surface area contributed by atoms with Gasteiger partial charge < -0.3 is 24.4 Å². The molecular formula is C30H36ClN3O8S. The van der Waals surface area contributed by atoms with Crippen LogP contribution in [0.5, 0.6) is 5.75 Å². The molecule has 11 nitrogen and oxygen atoms in total. The van der Waals surface area contributed by atoms with Crippen LogP contribution in [0.25, 0.3) is 0 Å². The van der Waals surface area contributed by atoms with Crippen molar-refractivity contribution < 1.29 is 37.0 Å². The van der Waals surface area contributed by atoms with Gasteiger partial charge in [0.05, 0.1) is 47.9 Å². The maximum absolute atomic E-state index is 13.0. The lowest BCUT2D eigenvalue weighted by molar-refractivity contribution is -0.143. The van der Waals surface area contributed by atoms with E-state index in [0.717, 1.165) is 5.56 Å². The Balaban J connectivity index is 1.63. The van der Waals surface area contributed by atoms with Crippen LogP contribution in [0, 0.1) is 5.92 Å². The molecule has 2 N–H and O–H groups in total. The summed E-state index contributed by atoms with van der Waals surface area (Å²) < 4.78 is 44.0. The maximum Gasteiger partial charge on any atom is 0.325 e. The molecule has 0 bridgehead atoms. The van der Waals surface area contributed by atoms with Gasteiger partial charge in [0.1, 0.15) is 18.1 Å².